The Balaban J connectivity index is 1.67. The number of hydrogen-bond acceptors (Lipinski definition) is 1. The van der Waals surface area contributed by atoms with Gasteiger partial charge in [-0.1, -0.05) is 68.9 Å². The van der Waals surface area contributed by atoms with Crippen molar-refractivity contribution in [2.75, 3.05) is 6.61 Å². The van der Waals surface area contributed by atoms with Crippen LogP contribution in [0, 0.1) is 17.7 Å². The van der Waals surface area contributed by atoms with E-state index in [2.05, 4.69) is 37.8 Å². The molecule has 2 heteroatoms. The van der Waals surface area contributed by atoms with E-state index in [1.807, 2.05) is 48.5 Å². The van der Waals surface area contributed by atoms with Crippen LogP contribution in [0.1, 0.15) is 56.2 Å². The number of halogens is 1. The van der Waals surface area contributed by atoms with Crippen LogP contribution < -0.4 is 4.74 Å². The fraction of sp³-hybridized carbons (Fsp3) is 0.286. The Morgan fingerprint density at radius 2 is 1.43 bits per heavy atom. The van der Waals surface area contributed by atoms with Crippen molar-refractivity contribution in [2.45, 2.75) is 46.0 Å². The molecule has 0 N–H and O–H groups in total. The van der Waals surface area contributed by atoms with Gasteiger partial charge in [-0.25, -0.2) is 4.39 Å². The van der Waals surface area contributed by atoms with E-state index in [4.69, 9.17) is 4.74 Å². The van der Waals surface area contributed by atoms with Crippen LogP contribution in [0.2, 0.25) is 0 Å². The van der Waals surface area contributed by atoms with Crippen LogP contribution in [-0.2, 0) is 6.42 Å². The summed E-state index contributed by atoms with van der Waals surface area (Å²) in [7, 11) is 0. The fourth-order valence-electron chi connectivity index (χ4n) is 3.17. The molecule has 0 aliphatic rings. The van der Waals surface area contributed by atoms with Crippen LogP contribution in [0.25, 0.3) is 11.1 Å². The molecule has 154 valence electrons. The lowest BCUT2D eigenvalue weighted by atomic mass is 10.00. The number of ether oxygens (including phenoxy) is 1. The zero-order valence-electron chi connectivity index (χ0n) is 17.9. The van der Waals surface area contributed by atoms with Crippen LogP contribution in [-0.4, -0.2) is 6.61 Å². The topological polar surface area (TPSA) is 9.23 Å². The maximum atomic E-state index is 14.7. The first-order valence-corrected chi connectivity index (χ1v) is 10.8. The summed E-state index contributed by atoms with van der Waals surface area (Å²) in [6, 6.07) is 21.1. The lowest BCUT2D eigenvalue weighted by Crippen LogP contribution is -1.95. The summed E-state index contributed by atoms with van der Waals surface area (Å²) >= 11 is 0. The monoisotopic (exact) mass is 400 g/mol. The van der Waals surface area contributed by atoms with E-state index in [-0.39, 0.29) is 5.82 Å². The molecule has 0 spiro atoms. The van der Waals surface area contributed by atoms with Crippen LogP contribution >= 0.6 is 0 Å². The standard InChI is InChI=1S/C28H29FO/c1-3-5-7-22-10-15-25(16-11-22)27-19-14-24(21-28(27)29)9-8-23-12-17-26(18-13-23)30-20-6-4-2/h10-19,21H,3-7,20H2,1-2H3. The van der Waals surface area contributed by atoms with E-state index in [9.17, 15) is 4.39 Å². The van der Waals surface area contributed by atoms with Crippen molar-refractivity contribution in [3.8, 4) is 28.7 Å². The predicted octanol–water partition coefficient (Wildman–Crippen LogP) is 7.41. The molecule has 0 unspecified atom stereocenters. The van der Waals surface area contributed by atoms with Crippen molar-refractivity contribution in [3.63, 3.8) is 0 Å². The SMILES string of the molecule is CCCCOc1ccc(C#Cc2ccc(-c3ccc(CCCC)cc3)c(F)c2)cc1. The van der Waals surface area contributed by atoms with Gasteiger partial charge in [-0.2, -0.15) is 0 Å². The molecule has 3 aromatic carbocycles. The predicted molar refractivity (Wildman–Crippen MR) is 123 cm³/mol. The highest BCUT2D eigenvalue weighted by atomic mass is 19.1. The maximum absolute atomic E-state index is 14.7. The van der Waals surface area contributed by atoms with Gasteiger partial charge in [-0.15, -0.1) is 0 Å². The lowest BCUT2D eigenvalue weighted by Gasteiger charge is -2.06. The van der Waals surface area contributed by atoms with Gasteiger partial charge < -0.3 is 4.74 Å². The molecule has 0 aromatic heterocycles. The van der Waals surface area contributed by atoms with Gasteiger partial charge in [0, 0.05) is 16.7 Å². The Hall–Kier alpha value is -3.05. The number of unbranched alkanes of at least 4 members (excludes halogenated alkanes) is 2. The Morgan fingerprint density at radius 3 is 2.10 bits per heavy atom. The van der Waals surface area contributed by atoms with Crippen LogP contribution in [0.3, 0.4) is 0 Å². The van der Waals surface area contributed by atoms with Gasteiger partial charge >= 0.3 is 0 Å². The average Bonchev–Trinajstić information content (AvgIpc) is 2.78. The summed E-state index contributed by atoms with van der Waals surface area (Å²) in [6.45, 7) is 5.06. The third-order valence-corrected chi connectivity index (χ3v) is 5.03. The van der Waals surface area contributed by atoms with Gasteiger partial charge in [-0.05, 0) is 66.8 Å². The first kappa shape index (κ1) is 21.7. The number of benzene rings is 3. The highest BCUT2D eigenvalue weighted by Gasteiger charge is 2.06. The molecule has 3 rings (SSSR count). The third kappa shape index (κ3) is 6.22. The molecule has 0 aliphatic carbocycles. The Bertz CT molecular complexity index is 992. The Morgan fingerprint density at radius 1 is 0.767 bits per heavy atom. The molecule has 0 aliphatic heterocycles. The van der Waals surface area contributed by atoms with Crippen molar-refractivity contribution in [2.24, 2.45) is 0 Å². The van der Waals surface area contributed by atoms with Gasteiger partial charge in [0.2, 0.25) is 0 Å². The molecule has 30 heavy (non-hydrogen) atoms. The molecule has 0 bridgehead atoms. The normalized spacial score (nSPS) is 10.4. The van der Waals surface area contributed by atoms with Crippen LogP contribution in [0.15, 0.2) is 66.7 Å². The van der Waals surface area contributed by atoms with E-state index in [1.54, 1.807) is 0 Å². The highest BCUT2D eigenvalue weighted by molar-refractivity contribution is 5.65. The van der Waals surface area contributed by atoms with Crippen LogP contribution in [0.5, 0.6) is 5.75 Å². The molecule has 3 aromatic rings. The number of rotatable bonds is 8. The minimum Gasteiger partial charge on any atom is -0.494 e. The van der Waals surface area contributed by atoms with Crippen molar-refractivity contribution >= 4 is 0 Å². The van der Waals surface area contributed by atoms with Gasteiger partial charge in [-0.3, -0.25) is 0 Å². The van der Waals surface area contributed by atoms with Crippen molar-refractivity contribution in [1.82, 2.24) is 0 Å². The van der Waals surface area contributed by atoms with E-state index < -0.39 is 0 Å². The third-order valence-electron chi connectivity index (χ3n) is 5.03. The molecule has 0 saturated carbocycles. The minimum atomic E-state index is -0.247. The van der Waals surface area contributed by atoms with E-state index in [0.29, 0.717) is 11.1 Å². The van der Waals surface area contributed by atoms with Crippen molar-refractivity contribution < 1.29 is 9.13 Å². The molecule has 0 radical (unpaired) electrons. The molecule has 0 saturated heterocycles. The summed E-state index contributed by atoms with van der Waals surface area (Å²) in [5.41, 5.74) is 4.34. The second kappa shape index (κ2) is 11.2. The Kier molecular flexibility index (Phi) is 8.10. The summed E-state index contributed by atoms with van der Waals surface area (Å²) in [5, 5.41) is 0. The van der Waals surface area contributed by atoms with Crippen LogP contribution in [0.4, 0.5) is 4.39 Å². The first-order valence-electron chi connectivity index (χ1n) is 10.8. The molecular weight excluding hydrogens is 371 g/mol. The molecule has 0 fully saturated rings. The van der Waals surface area contributed by atoms with Gasteiger partial charge in [0.1, 0.15) is 11.6 Å². The smallest absolute Gasteiger partial charge is 0.132 e. The largest absolute Gasteiger partial charge is 0.494 e. The minimum absolute atomic E-state index is 0.247. The summed E-state index contributed by atoms with van der Waals surface area (Å²) in [5.74, 6) is 6.75. The van der Waals surface area contributed by atoms with Crippen molar-refractivity contribution in [3.05, 3.63) is 89.2 Å². The summed E-state index contributed by atoms with van der Waals surface area (Å²) < 4.78 is 20.3. The lowest BCUT2D eigenvalue weighted by molar-refractivity contribution is 0.309. The average molecular weight is 401 g/mol. The molecule has 0 atom stereocenters. The van der Waals surface area contributed by atoms with E-state index in [1.165, 1.54) is 24.5 Å². The molecule has 1 nitrogen and oxygen atoms in total. The number of hydrogen-bond donors (Lipinski definition) is 0. The van der Waals surface area contributed by atoms with Gasteiger partial charge in [0.15, 0.2) is 0 Å². The van der Waals surface area contributed by atoms with E-state index >= 15 is 0 Å². The zero-order valence-corrected chi connectivity index (χ0v) is 17.9. The molecular formula is C28H29FO. The first-order chi connectivity index (χ1) is 14.7. The fourth-order valence-corrected chi connectivity index (χ4v) is 3.17. The van der Waals surface area contributed by atoms with Gasteiger partial charge in [0.25, 0.3) is 0 Å². The quantitative estimate of drug-likeness (QED) is 0.282. The van der Waals surface area contributed by atoms with Crippen molar-refractivity contribution in [1.29, 1.82) is 0 Å². The molecule has 0 amide bonds. The summed E-state index contributed by atoms with van der Waals surface area (Å²) in [4.78, 5) is 0. The maximum Gasteiger partial charge on any atom is 0.132 e. The zero-order chi connectivity index (χ0) is 21.2. The second-order valence-electron chi connectivity index (χ2n) is 7.47. The van der Waals surface area contributed by atoms with Gasteiger partial charge in [0.05, 0.1) is 6.61 Å². The Labute approximate surface area is 179 Å². The second-order valence-corrected chi connectivity index (χ2v) is 7.47. The number of aryl methyl sites for hydroxylation is 1. The molecule has 0 heterocycles. The highest BCUT2D eigenvalue weighted by Crippen LogP contribution is 2.24. The van der Waals surface area contributed by atoms with E-state index in [0.717, 1.165) is 42.7 Å². The summed E-state index contributed by atoms with van der Waals surface area (Å²) in [6.07, 6.45) is 5.58.